The topological polar surface area (TPSA) is 80.0 Å². The number of amides is 1. The maximum atomic E-state index is 11.6. The molecule has 2 fully saturated rings. The minimum absolute atomic E-state index is 0.0710. The second-order valence-electron chi connectivity index (χ2n) is 4.81. The number of anilines is 1. The van der Waals surface area contributed by atoms with Crippen LogP contribution in [0, 0.1) is 5.92 Å². The lowest BCUT2D eigenvalue weighted by Gasteiger charge is -2.26. The first kappa shape index (κ1) is 12.0. The monoisotopic (exact) mass is 268 g/mol. The molecule has 1 amide bonds. The van der Waals surface area contributed by atoms with E-state index >= 15 is 0 Å². The Kier molecular flexibility index (Phi) is 3.51. The van der Waals surface area contributed by atoms with Gasteiger partial charge in [0.1, 0.15) is 0 Å². The number of carbonyl (C=O) groups is 1. The normalized spacial score (nSPS) is 19.6. The zero-order chi connectivity index (χ0) is 12.4. The van der Waals surface area contributed by atoms with Gasteiger partial charge in [-0.15, -0.1) is 5.10 Å². The number of thioether (sulfide) groups is 1. The molecule has 3 rings (SSSR count). The zero-order valence-electron chi connectivity index (χ0n) is 10.0. The van der Waals surface area contributed by atoms with E-state index in [0.717, 1.165) is 31.7 Å². The maximum Gasteiger partial charge on any atom is 0.322 e. The fourth-order valence-corrected chi connectivity index (χ4v) is 2.66. The van der Waals surface area contributed by atoms with Crippen molar-refractivity contribution in [1.29, 1.82) is 0 Å². The predicted octanol–water partition coefficient (Wildman–Crippen LogP) is 0.838. The van der Waals surface area contributed by atoms with E-state index in [-0.39, 0.29) is 11.9 Å². The van der Waals surface area contributed by atoms with Gasteiger partial charge in [0.2, 0.25) is 11.8 Å². The van der Waals surface area contributed by atoms with E-state index in [0.29, 0.717) is 23.5 Å². The van der Waals surface area contributed by atoms with Crippen LogP contribution in [-0.2, 0) is 4.79 Å². The van der Waals surface area contributed by atoms with Crippen LogP contribution in [0.3, 0.4) is 0 Å². The molecule has 7 heteroatoms. The highest BCUT2D eigenvalue weighted by Crippen LogP contribution is 2.39. The number of aromatic nitrogens is 2. The van der Waals surface area contributed by atoms with Crippen molar-refractivity contribution in [3.63, 3.8) is 0 Å². The molecule has 0 radical (unpaired) electrons. The Balaban J connectivity index is 1.38. The van der Waals surface area contributed by atoms with E-state index in [9.17, 15) is 4.79 Å². The van der Waals surface area contributed by atoms with Crippen molar-refractivity contribution in [2.75, 3.05) is 29.9 Å². The van der Waals surface area contributed by atoms with Crippen LogP contribution in [0.25, 0.3) is 0 Å². The van der Waals surface area contributed by atoms with Gasteiger partial charge in [0.15, 0.2) is 0 Å². The lowest BCUT2D eigenvalue weighted by Crippen LogP contribution is -2.43. The molecule has 2 aliphatic rings. The van der Waals surface area contributed by atoms with Crippen molar-refractivity contribution in [3.8, 4) is 0 Å². The number of carbonyl (C=O) groups excluding carboxylic acids is 1. The van der Waals surface area contributed by atoms with Gasteiger partial charge in [-0.1, -0.05) is 5.10 Å². The van der Waals surface area contributed by atoms with Crippen LogP contribution in [0.2, 0.25) is 0 Å². The lowest BCUT2D eigenvalue weighted by atomic mass is 10.1. The highest BCUT2D eigenvalue weighted by molar-refractivity contribution is 7.99. The molecule has 2 N–H and O–H groups in total. The van der Waals surface area contributed by atoms with Gasteiger partial charge in [0.05, 0.1) is 5.75 Å². The third-order valence-electron chi connectivity index (χ3n) is 3.07. The minimum Gasteiger partial charge on any atom is -0.408 e. The number of rotatable bonds is 6. The molecule has 0 unspecified atom stereocenters. The number of nitrogens with zero attached hydrogens (tertiary/aromatic N) is 2. The summed E-state index contributed by atoms with van der Waals surface area (Å²) < 4.78 is 5.36. The molecular weight excluding hydrogens is 252 g/mol. The quantitative estimate of drug-likeness (QED) is 0.796. The van der Waals surface area contributed by atoms with Crippen molar-refractivity contribution >= 4 is 23.7 Å². The van der Waals surface area contributed by atoms with Crippen LogP contribution < -0.4 is 10.6 Å². The van der Waals surface area contributed by atoms with E-state index < -0.39 is 0 Å². The molecule has 1 aromatic rings. The molecule has 1 saturated carbocycles. The summed E-state index contributed by atoms with van der Waals surface area (Å²) in [6, 6.07) is 0.229. The van der Waals surface area contributed by atoms with Crippen molar-refractivity contribution in [2.45, 2.75) is 18.8 Å². The van der Waals surface area contributed by atoms with Gasteiger partial charge < -0.3 is 9.73 Å². The SMILES string of the molecule is O=C(CSCC1CNC1)Nc1nnc(C2CC2)o1. The van der Waals surface area contributed by atoms with Gasteiger partial charge in [-0.25, -0.2) is 0 Å². The third-order valence-corrected chi connectivity index (χ3v) is 4.24. The Morgan fingerprint density at radius 2 is 2.28 bits per heavy atom. The maximum absolute atomic E-state index is 11.6. The second-order valence-corrected chi connectivity index (χ2v) is 5.84. The largest absolute Gasteiger partial charge is 0.408 e. The summed E-state index contributed by atoms with van der Waals surface area (Å²) in [5.41, 5.74) is 0. The fourth-order valence-electron chi connectivity index (χ4n) is 1.72. The average molecular weight is 268 g/mol. The fraction of sp³-hybridized carbons (Fsp3) is 0.727. The van der Waals surface area contributed by atoms with Crippen molar-refractivity contribution in [3.05, 3.63) is 5.89 Å². The van der Waals surface area contributed by atoms with Gasteiger partial charge in [-0.05, 0) is 37.6 Å². The van der Waals surface area contributed by atoms with Gasteiger partial charge in [-0.2, -0.15) is 11.8 Å². The molecule has 1 saturated heterocycles. The second kappa shape index (κ2) is 5.27. The number of hydrogen-bond acceptors (Lipinski definition) is 6. The molecule has 1 aliphatic carbocycles. The Bertz CT molecular complexity index is 428. The van der Waals surface area contributed by atoms with Crippen LogP contribution >= 0.6 is 11.8 Å². The first-order chi connectivity index (χ1) is 8.81. The molecule has 0 atom stereocenters. The standard InChI is InChI=1S/C11H16N4O2S/c16-9(6-18-5-7-3-12-4-7)13-11-15-14-10(17-11)8-1-2-8/h7-8,12H,1-6H2,(H,13,15,16). The molecule has 1 aliphatic heterocycles. The Morgan fingerprint density at radius 1 is 1.44 bits per heavy atom. The molecule has 1 aromatic heterocycles. The minimum atomic E-state index is -0.0710. The highest BCUT2D eigenvalue weighted by Gasteiger charge is 2.29. The molecule has 0 spiro atoms. The van der Waals surface area contributed by atoms with Crippen molar-refractivity contribution in [2.24, 2.45) is 5.92 Å². The van der Waals surface area contributed by atoms with Gasteiger partial charge in [0, 0.05) is 5.92 Å². The molecule has 0 bridgehead atoms. The van der Waals surface area contributed by atoms with E-state index in [1.165, 1.54) is 0 Å². The first-order valence-corrected chi connectivity index (χ1v) is 7.38. The van der Waals surface area contributed by atoms with Crippen LogP contribution in [0.4, 0.5) is 6.01 Å². The molecule has 18 heavy (non-hydrogen) atoms. The molecule has 2 heterocycles. The Labute approximate surface area is 109 Å². The lowest BCUT2D eigenvalue weighted by molar-refractivity contribution is -0.113. The van der Waals surface area contributed by atoms with Crippen LogP contribution in [-0.4, -0.2) is 40.7 Å². The highest BCUT2D eigenvalue weighted by atomic mass is 32.2. The van der Waals surface area contributed by atoms with Crippen LogP contribution in [0.5, 0.6) is 0 Å². The zero-order valence-corrected chi connectivity index (χ0v) is 10.8. The molecular formula is C11H16N4O2S. The van der Waals surface area contributed by atoms with Crippen LogP contribution in [0.15, 0.2) is 4.42 Å². The summed E-state index contributed by atoms with van der Waals surface area (Å²) in [7, 11) is 0. The summed E-state index contributed by atoms with van der Waals surface area (Å²) in [4.78, 5) is 11.6. The predicted molar refractivity (Wildman–Crippen MR) is 68.6 cm³/mol. The van der Waals surface area contributed by atoms with Gasteiger partial charge >= 0.3 is 6.01 Å². The third kappa shape index (κ3) is 3.02. The summed E-state index contributed by atoms with van der Waals surface area (Å²) in [6.07, 6.45) is 2.22. The summed E-state index contributed by atoms with van der Waals surface area (Å²) >= 11 is 1.65. The number of hydrogen-bond donors (Lipinski definition) is 2. The summed E-state index contributed by atoms with van der Waals surface area (Å²) in [6.45, 7) is 2.14. The number of nitrogens with one attached hydrogen (secondary N) is 2. The average Bonchev–Trinajstić information content (AvgIpc) is 3.04. The van der Waals surface area contributed by atoms with E-state index in [1.54, 1.807) is 11.8 Å². The van der Waals surface area contributed by atoms with E-state index in [4.69, 9.17) is 4.42 Å². The molecule has 98 valence electrons. The van der Waals surface area contributed by atoms with Crippen LogP contribution in [0.1, 0.15) is 24.7 Å². The van der Waals surface area contributed by atoms with Crippen molar-refractivity contribution in [1.82, 2.24) is 15.5 Å². The summed E-state index contributed by atoms with van der Waals surface area (Å²) in [5, 5.41) is 13.6. The first-order valence-electron chi connectivity index (χ1n) is 6.23. The van der Waals surface area contributed by atoms with E-state index in [2.05, 4.69) is 20.8 Å². The van der Waals surface area contributed by atoms with E-state index in [1.807, 2.05) is 0 Å². The summed E-state index contributed by atoms with van der Waals surface area (Å²) in [5.74, 6) is 3.18. The Hall–Kier alpha value is -1.08. The van der Waals surface area contributed by atoms with Crippen molar-refractivity contribution < 1.29 is 9.21 Å². The molecule has 6 nitrogen and oxygen atoms in total. The van der Waals surface area contributed by atoms with Gasteiger partial charge in [0.25, 0.3) is 0 Å². The smallest absolute Gasteiger partial charge is 0.322 e. The van der Waals surface area contributed by atoms with Gasteiger partial charge in [-0.3, -0.25) is 10.1 Å². The Morgan fingerprint density at radius 3 is 2.94 bits per heavy atom. The molecule has 0 aromatic carbocycles.